The van der Waals surface area contributed by atoms with Gasteiger partial charge in [0.25, 0.3) is 0 Å². The standard InChI is InChI=1S/C14H14N2O2S/c17-12(18)7-14(5-6-14)9-19-13-15-8-10-3-1-2-4-11(10)16-13/h1-4,8H,5-7,9H2,(H,17,18). The van der Waals surface area contributed by atoms with Crippen LogP contribution >= 0.6 is 11.8 Å². The lowest BCUT2D eigenvalue weighted by molar-refractivity contribution is -0.138. The Labute approximate surface area is 115 Å². The summed E-state index contributed by atoms with van der Waals surface area (Å²) in [5.41, 5.74) is 0.911. The quantitative estimate of drug-likeness (QED) is 0.671. The van der Waals surface area contributed by atoms with E-state index in [4.69, 9.17) is 5.11 Å². The highest BCUT2D eigenvalue weighted by Crippen LogP contribution is 2.51. The fraction of sp³-hybridized carbons (Fsp3) is 0.357. The van der Waals surface area contributed by atoms with Crippen molar-refractivity contribution in [2.24, 2.45) is 5.41 Å². The summed E-state index contributed by atoms with van der Waals surface area (Å²) in [5, 5.41) is 10.6. The van der Waals surface area contributed by atoms with E-state index < -0.39 is 5.97 Å². The van der Waals surface area contributed by atoms with E-state index in [-0.39, 0.29) is 11.8 Å². The molecule has 19 heavy (non-hydrogen) atoms. The first-order valence-electron chi connectivity index (χ1n) is 6.23. The molecule has 4 nitrogen and oxygen atoms in total. The molecule has 2 aromatic rings. The zero-order chi connectivity index (χ0) is 13.3. The highest BCUT2D eigenvalue weighted by atomic mass is 32.2. The summed E-state index contributed by atoms with van der Waals surface area (Å²) in [7, 11) is 0. The molecule has 0 radical (unpaired) electrons. The third-order valence-electron chi connectivity index (χ3n) is 3.46. The molecule has 0 unspecified atom stereocenters. The first-order valence-corrected chi connectivity index (χ1v) is 7.22. The number of hydrogen-bond donors (Lipinski definition) is 1. The van der Waals surface area contributed by atoms with Crippen molar-refractivity contribution >= 4 is 28.6 Å². The number of carboxylic acids is 1. The zero-order valence-electron chi connectivity index (χ0n) is 10.4. The summed E-state index contributed by atoms with van der Waals surface area (Å²) >= 11 is 1.56. The Morgan fingerprint density at radius 2 is 2.16 bits per heavy atom. The van der Waals surface area contributed by atoms with Crippen molar-refractivity contribution in [3.05, 3.63) is 30.5 Å². The number of thioether (sulfide) groups is 1. The molecule has 0 saturated heterocycles. The van der Waals surface area contributed by atoms with Gasteiger partial charge in [-0.2, -0.15) is 0 Å². The van der Waals surface area contributed by atoms with Crippen LogP contribution in [0.15, 0.2) is 35.6 Å². The number of fused-ring (bicyclic) bond motifs is 1. The topological polar surface area (TPSA) is 63.1 Å². The predicted octanol–water partition coefficient (Wildman–Crippen LogP) is 2.98. The average molecular weight is 274 g/mol. The Kier molecular flexibility index (Phi) is 3.14. The van der Waals surface area contributed by atoms with Gasteiger partial charge in [0.1, 0.15) is 0 Å². The Balaban J connectivity index is 1.70. The van der Waals surface area contributed by atoms with Crippen LogP contribution in [0.25, 0.3) is 10.9 Å². The highest BCUT2D eigenvalue weighted by molar-refractivity contribution is 7.99. The van der Waals surface area contributed by atoms with E-state index in [2.05, 4.69) is 9.97 Å². The van der Waals surface area contributed by atoms with Gasteiger partial charge in [-0.3, -0.25) is 4.79 Å². The number of aromatic nitrogens is 2. The molecule has 1 aliphatic rings. The summed E-state index contributed by atoms with van der Waals surface area (Å²) in [6, 6.07) is 7.86. The lowest BCUT2D eigenvalue weighted by atomic mass is 10.1. The van der Waals surface area contributed by atoms with Gasteiger partial charge in [-0.1, -0.05) is 30.0 Å². The van der Waals surface area contributed by atoms with Crippen LogP contribution in [0.1, 0.15) is 19.3 Å². The van der Waals surface area contributed by atoms with E-state index in [1.54, 1.807) is 11.8 Å². The molecule has 1 N–H and O–H groups in total. The minimum Gasteiger partial charge on any atom is -0.481 e. The van der Waals surface area contributed by atoms with E-state index in [0.717, 1.165) is 34.7 Å². The summed E-state index contributed by atoms with van der Waals surface area (Å²) in [5.74, 6) is 0.0787. The molecule has 0 bridgehead atoms. The average Bonchev–Trinajstić information content (AvgIpc) is 3.15. The number of carboxylic acid groups (broad SMARTS) is 1. The Morgan fingerprint density at radius 1 is 1.37 bits per heavy atom. The first kappa shape index (κ1) is 12.4. The lowest BCUT2D eigenvalue weighted by Gasteiger charge is -2.10. The summed E-state index contributed by atoms with van der Waals surface area (Å²) in [4.78, 5) is 19.6. The van der Waals surface area contributed by atoms with Crippen LogP contribution in [0.4, 0.5) is 0 Å². The van der Waals surface area contributed by atoms with Gasteiger partial charge in [0.05, 0.1) is 11.9 Å². The monoisotopic (exact) mass is 274 g/mol. The smallest absolute Gasteiger partial charge is 0.303 e. The van der Waals surface area contributed by atoms with Crippen LogP contribution in [0, 0.1) is 5.41 Å². The van der Waals surface area contributed by atoms with Crippen molar-refractivity contribution in [3.63, 3.8) is 0 Å². The molecule has 5 heteroatoms. The first-order chi connectivity index (χ1) is 9.17. The number of hydrogen-bond acceptors (Lipinski definition) is 4. The second-order valence-electron chi connectivity index (χ2n) is 5.07. The molecule has 1 fully saturated rings. The van der Waals surface area contributed by atoms with Crippen LogP contribution in [0.3, 0.4) is 0 Å². The minimum absolute atomic E-state index is 0.0223. The van der Waals surface area contributed by atoms with E-state index in [1.807, 2.05) is 30.5 Å². The molecule has 0 amide bonds. The minimum atomic E-state index is -0.711. The molecule has 0 aliphatic heterocycles. The lowest BCUT2D eigenvalue weighted by Crippen LogP contribution is -2.11. The molecule has 0 spiro atoms. The Morgan fingerprint density at radius 3 is 2.89 bits per heavy atom. The van der Waals surface area contributed by atoms with Crippen LogP contribution in [0.5, 0.6) is 0 Å². The van der Waals surface area contributed by atoms with Gasteiger partial charge < -0.3 is 5.11 Å². The third kappa shape index (κ3) is 2.87. The van der Waals surface area contributed by atoms with Crippen molar-refractivity contribution in [2.75, 3.05) is 5.75 Å². The Bertz CT molecular complexity index is 626. The number of carbonyl (C=O) groups is 1. The number of benzene rings is 1. The highest BCUT2D eigenvalue weighted by Gasteiger charge is 2.44. The van der Waals surface area contributed by atoms with Crippen molar-refractivity contribution in [1.29, 1.82) is 0 Å². The molecule has 1 saturated carbocycles. The maximum Gasteiger partial charge on any atom is 0.303 e. The second-order valence-corrected chi connectivity index (χ2v) is 6.01. The van der Waals surface area contributed by atoms with E-state index in [1.165, 1.54) is 0 Å². The van der Waals surface area contributed by atoms with Gasteiger partial charge in [0.2, 0.25) is 0 Å². The fourth-order valence-electron chi connectivity index (χ4n) is 2.11. The van der Waals surface area contributed by atoms with E-state index in [0.29, 0.717) is 0 Å². The van der Waals surface area contributed by atoms with Crippen LogP contribution in [-0.2, 0) is 4.79 Å². The van der Waals surface area contributed by atoms with Gasteiger partial charge in [-0.05, 0) is 24.3 Å². The Hall–Kier alpha value is -1.62. The van der Waals surface area contributed by atoms with Gasteiger partial charge in [-0.15, -0.1) is 0 Å². The molecule has 1 aromatic heterocycles. The normalized spacial score (nSPS) is 16.4. The number of para-hydroxylation sites is 1. The molecule has 1 aromatic carbocycles. The molecule has 3 rings (SSSR count). The molecular formula is C14H14N2O2S. The van der Waals surface area contributed by atoms with Gasteiger partial charge in [0.15, 0.2) is 5.16 Å². The maximum atomic E-state index is 10.8. The van der Waals surface area contributed by atoms with Crippen molar-refractivity contribution in [3.8, 4) is 0 Å². The molecule has 1 heterocycles. The van der Waals surface area contributed by atoms with Gasteiger partial charge in [0, 0.05) is 17.3 Å². The second kappa shape index (κ2) is 4.81. The fourth-order valence-corrected chi connectivity index (χ4v) is 3.23. The van der Waals surface area contributed by atoms with Crippen LogP contribution in [-0.4, -0.2) is 26.8 Å². The summed E-state index contributed by atoms with van der Waals surface area (Å²) in [6.07, 6.45) is 4.08. The molecule has 1 aliphatic carbocycles. The number of rotatable bonds is 5. The SMILES string of the molecule is O=C(O)CC1(CSc2ncc3ccccc3n2)CC1. The van der Waals surface area contributed by atoms with Crippen LogP contribution < -0.4 is 0 Å². The van der Waals surface area contributed by atoms with Crippen LogP contribution in [0.2, 0.25) is 0 Å². The van der Waals surface area contributed by atoms with Crippen molar-refractivity contribution in [1.82, 2.24) is 9.97 Å². The van der Waals surface area contributed by atoms with E-state index in [9.17, 15) is 4.79 Å². The third-order valence-corrected chi connectivity index (χ3v) is 4.67. The largest absolute Gasteiger partial charge is 0.481 e. The molecular weight excluding hydrogens is 260 g/mol. The van der Waals surface area contributed by atoms with Gasteiger partial charge in [-0.25, -0.2) is 9.97 Å². The van der Waals surface area contributed by atoms with Gasteiger partial charge >= 0.3 is 5.97 Å². The van der Waals surface area contributed by atoms with Crippen molar-refractivity contribution < 1.29 is 9.90 Å². The molecule has 98 valence electrons. The zero-order valence-corrected chi connectivity index (χ0v) is 11.2. The predicted molar refractivity (Wildman–Crippen MR) is 74.2 cm³/mol. The maximum absolute atomic E-state index is 10.8. The number of aliphatic carboxylic acids is 1. The summed E-state index contributed by atoms with van der Waals surface area (Å²) in [6.45, 7) is 0. The molecule has 0 atom stereocenters. The van der Waals surface area contributed by atoms with E-state index >= 15 is 0 Å². The van der Waals surface area contributed by atoms with Crippen molar-refractivity contribution in [2.45, 2.75) is 24.4 Å². The number of nitrogens with zero attached hydrogens (tertiary/aromatic N) is 2. The summed E-state index contributed by atoms with van der Waals surface area (Å²) < 4.78 is 0.